The van der Waals surface area contributed by atoms with Crippen LogP contribution in [0.5, 0.6) is 5.75 Å². The maximum Gasteiger partial charge on any atom is 0.459 e. The second-order valence-corrected chi connectivity index (χ2v) is 12.3. The summed E-state index contributed by atoms with van der Waals surface area (Å²) in [6.45, 7) is 4.75. The SMILES string of the molecule is CC(C)OC(=O)[C@H](C)NP(=O)(OC[C@H]1S[C@@H](n2ccc(N)nc2=O)C[C@H]1O)Oc1ccc2ccccc2c1. The Morgan fingerprint density at radius 1 is 1.24 bits per heavy atom. The van der Waals surface area contributed by atoms with Crippen molar-refractivity contribution in [1.29, 1.82) is 0 Å². The third-order valence-electron chi connectivity index (χ3n) is 5.78. The van der Waals surface area contributed by atoms with Crippen LogP contribution in [0, 0.1) is 0 Å². The maximum atomic E-state index is 13.9. The third kappa shape index (κ3) is 6.95. The van der Waals surface area contributed by atoms with Gasteiger partial charge < -0.3 is 20.1 Å². The highest BCUT2D eigenvalue weighted by molar-refractivity contribution is 8.00. The first-order valence-corrected chi connectivity index (χ1v) is 14.6. The molecular weight excluding hydrogens is 531 g/mol. The fourth-order valence-corrected chi connectivity index (χ4v) is 6.98. The Balaban J connectivity index is 1.51. The average molecular weight is 563 g/mol. The summed E-state index contributed by atoms with van der Waals surface area (Å²) in [6, 6.07) is 13.3. The van der Waals surface area contributed by atoms with Crippen LogP contribution in [-0.2, 0) is 18.6 Å². The van der Waals surface area contributed by atoms with Gasteiger partial charge in [-0.1, -0.05) is 30.3 Å². The van der Waals surface area contributed by atoms with Gasteiger partial charge in [0.2, 0.25) is 0 Å². The van der Waals surface area contributed by atoms with Gasteiger partial charge in [-0.3, -0.25) is 13.9 Å². The number of carbonyl (C=O) groups excluding carboxylic acids is 1. The molecule has 0 spiro atoms. The Bertz CT molecular complexity index is 1400. The van der Waals surface area contributed by atoms with Crippen molar-refractivity contribution in [3.05, 3.63) is 65.2 Å². The van der Waals surface area contributed by atoms with Crippen molar-refractivity contribution in [1.82, 2.24) is 14.6 Å². The first-order chi connectivity index (χ1) is 18.0. The lowest BCUT2D eigenvalue weighted by molar-refractivity contribution is -0.149. The fourth-order valence-electron chi connectivity index (χ4n) is 3.93. The number of aliphatic hydroxyl groups is 1. The summed E-state index contributed by atoms with van der Waals surface area (Å²) in [5.74, 6) is -0.227. The van der Waals surface area contributed by atoms with Crippen molar-refractivity contribution in [3.8, 4) is 5.75 Å². The number of ether oxygens (including phenoxy) is 1. The van der Waals surface area contributed by atoms with Crippen molar-refractivity contribution in [2.45, 2.75) is 56.1 Å². The van der Waals surface area contributed by atoms with Crippen molar-refractivity contribution in [2.75, 3.05) is 12.3 Å². The Hall–Kier alpha value is -2.89. The van der Waals surface area contributed by atoms with E-state index in [-0.39, 0.29) is 30.7 Å². The first kappa shape index (κ1) is 28.1. The minimum atomic E-state index is -4.13. The van der Waals surface area contributed by atoms with Crippen LogP contribution in [0.2, 0.25) is 0 Å². The van der Waals surface area contributed by atoms with E-state index in [0.717, 1.165) is 10.8 Å². The first-order valence-electron chi connectivity index (χ1n) is 12.1. The van der Waals surface area contributed by atoms with Crippen LogP contribution in [0.3, 0.4) is 0 Å². The molecule has 1 fully saturated rings. The molecule has 13 heteroatoms. The Labute approximate surface area is 224 Å². The summed E-state index contributed by atoms with van der Waals surface area (Å²) in [6.07, 6.45) is 0.564. The fraction of sp³-hybridized carbons (Fsp3) is 0.400. The standard InChI is InChI=1S/C25H31N4O7PS/c1-15(2)35-24(31)16(3)28-37(33,36-19-9-8-17-6-4-5-7-18(17)12-19)34-14-21-20(30)13-23(38-21)29-11-10-22(26)27-25(29)32/h4-12,15-16,20-21,23,30H,13-14H2,1-3H3,(H,28,33)(H2,26,27,32)/t16-,20+,21+,23+,37?/m0/s1. The molecule has 0 radical (unpaired) electrons. The number of benzene rings is 2. The van der Waals surface area contributed by atoms with Crippen molar-refractivity contribution in [2.24, 2.45) is 0 Å². The minimum absolute atomic E-state index is 0.109. The van der Waals surface area contributed by atoms with Gasteiger partial charge in [0.25, 0.3) is 0 Å². The van der Waals surface area contributed by atoms with Crippen LogP contribution >= 0.6 is 19.5 Å². The molecular formula is C25H31N4O7PS. The summed E-state index contributed by atoms with van der Waals surface area (Å²) in [5, 5.41) is 14.2. The molecule has 11 nitrogen and oxygen atoms in total. The molecule has 0 bridgehead atoms. The van der Waals surface area contributed by atoms with Crippen LogP contribution in [0.25, 0.3) is 10.8 Å². The molecule has 1 aromatic heterocycles. The van der Waals surface area contributed by atoms with E-state index in [2.05, 4.69) is 10.1 Å². The Kier molecular flexibility index (Phi) is 8.79. The van der Waals surface area contributed by atoms with Gasteiger partial charge in [-0.05, 0) is 49.7 Å². The highest BCUT2D eigenvalue weighted by Crippen LogP contribution is 2.48. The number of aromatic nitrogens is 2. The number of rotatable bonds is 10. The molecule has 4 N–H and O–H groups in total. The Morgan fingerprint density at radius 2 is 1.97 bits per heavy atom. The molecule has 4 rings (SSSR count). The zero-order chi connectivity index (χ0) is 27.4. The molecule has 0 amide bonds. The molecule has 204 valence electrons. The third-order valence-corrected chi connectivity index (χ3v) is 8.96. The molecule has 1 unspecified atom stereocenters. The number of nitrogens with two attached hydrogens (primary N) is 1. The normalized spacial score (nSPS) is 21.8. The number of esters is 1. The number of nitrogens with one attached hydrogen (secondary N) is 1. The lowest BCUT2D eigenvalue weighted by Gasteiger charge is -2.25. The van der Waals surface area contributed by atoms with E-state index >= 15 is 0 Å². The number of nitrogens with zero attached hydrogens (tertiary/aromatic N) is 2. The highest BCUT2D eigenvalue weighted by Gasteiger charge is 2.39. The number of carbonyl (C=O) groups is 1. The van der Waals surface area contributed by atoms with E-state index in [9.17, 15) is 19.3 Å². The summed E-state index contributed by atoms with van der Waals surface area (Å²) < 4.78 is 32.1. The zero-order valence-electron chi connectivity index (χ0n) is 21.2. The monoisotopic (exact) mass is 562 g/mol. The zero-order valence-corrected chi connectivity index (χ0v) is 22.9. The number of hydrogen-bond donors (Lipinski definition) is 3. The molecule has 2 heterocycles. The van der Waals surface area contributed by atoms with Gasteiger partial charge in [-0.25, -0.2) is 9.36 Å². The predicted octanol–water partition coefficient (Wildman–Crippen LogP) is 3.48. The number of anilines is 1. The summed E-state index contributed by atoms with van der Waals surface area (Å²) >= 11 is 1.29. The van der Waals surface area contributed by atoms with Crippen molar-refractivity contribution >= 4 is 42.1 Å². The molecule has 3 aromatic rings. The topological polar surface area (TPSA) is 155 Å². The van der Waals surface area contributed by atoms with Crippen LogP contribution in [0.1, 0.15) is 32.6 Å². The van der Waals surface area contributed by atoms with Crippen LogP contribution in [-0.4, -0.2) is 50.7 Å². The van der Waals surface area contributed by atoms with Gasteiger partial charge in [-0.15, -0.1) is 11.8 Å². The molecule has 0 aliphatic carbocycles. The maximum absolute atomic E-state index is 13.9. The van der Waals surface area contributed by atoms with E-state index in [1.807, 2.05) is 30.3 Å². The van der Waals surface area contributed by atoms with E-state index < -0.39 is 42.2 Å². The van der Waals surface area contributed by atoms with E-state index in [4.69, 9.17) is 19.5 Å². The molecule has 2 aromatic carbocycles. The largest absolute Gasteiger partial charge is 0.462 e. The van der Waals surface area contributed by atoms with Gasteiger partial charge in [-0.2, -0.15) is 10.1 Å². The van der Waals surface area contributed by atoms with E-state index in [1.165, 1.54) is 35.5 Å². The van der Waals surface area contributed by atoms with Crippen molar-refractivity contribution in [3.63, 3.8) is 0 Å². The quantitative estimate of drug-likeness (QED) is 0.246. The van der Waals surface area contributed by atoms with Gasteiger partial charge >= 0.3 is 19.4 Å². The average Bonchev–Trinajstić information content (AvgIpc) is 3.22. The molecule has 1 aliphatic rings. The van der Waals surface area contributed by atoms with Gasteiger partial charge in [0.1, 0.15) is 17.6 Å². The summed E-state index contributed by atoms with van der Waals surface area (Å²) in [7, 11) is -4.13. The molecule has 5 atom stereocenters. The van der Waals surface area contributed by atoms with Crippen LogP contribution in [0.4, 0.5) is 5.82 Å². The van der Waals surface area contributed by atoms with Crippen molar-refractivity contribution < 1.29 is 28.3 Å². The lowest BCUT2D eigenvalue weighted by Crippen LogP contribution is -2.37. The summed E-state index contributed by atoms with van der Waals surface area (Å²) in [5.41, 5.74) is 5.05. The summed E-state index contributed by atoms with van der Waals surface area (Å²) in [4.78, 5) is 28.4. The van der Waals surface area contributed by atoms with E-state index in [0.29, 0.717) is 0 Å². The minimum Gasteiger partial charge on any atom is -0.462 e. The van der Waals surface area contributed by atoms with E-state index in [1.54, 1.807) is 26.0 Å². The second kappa shape index (κ2) is 11.9. The highest BCUT2D eigenvalue weighted by atomic mass is 32.2. The lowest BCUT2D eigenvalue weighted by atomic mass is 10.1. The van der Waals surface area contributed by atoms with Crippen LogP contribution < -0.4 is 21.0 Å². The van der Waals surface area contributed by atoms with Gasteiger partial charge in [0.05, 0.1) is 29.4 Å². The molecule has 1 saturated heterocycles. The van der Waals surface area contributed by atoms with Gasteiger partial charge in [0.15, 0.2) is 0 Å². The second-order valence-electron chi connectivity index (χ2n) is 9.20. The number of thioether (sulfide) groups is 1. The molecule has 0 saturated carbocycles. The smallest absolute Gasteiger partial charge is 0.459 e. The number of nitrogen functional groups attached to an aromatic ring is 1. The Morgan fingerprint density at radius 3 is 2.68 bits per heavy atom. The number of fused-ring (bicyclic) bond motifs is 1. The number of hydrogen-bond acceptors (Lipinski definition) is 10. The predicted molar refractivity (Wildman–Crippen MR) is 146 cm³/mol. The molecule has 1 aliphatic heterocycles. The van der Waals surface area contributed by atoms with Gasteiger partial charge in [0, 0.05) is 12.6 Å². The number of aliphatic hydroxyl groups excluding tert-OH is 1. The molecule has 38 heavy (non-hydrogen) atoms. The van der Waals surface area contributed by atoms with Crippen LogP contribution in [0.15, 0.2) is 59.5 Å².